The third kappa shape index (κ3) is 4.55. The first-order valence-electron chi connectivity index (χ1n) is 12.7. The monoisotopic (exact) mass is 436 g/mol. The number of carbonyl (C=O) groups is 2. The van der Waals surface area contributed by atoms with Crippen LogP contribution in [0, 0.1) is 5.92 Å². The van der Waals surface area contributed by atoms with Crippen LogP contribution in [0.3, 0.4) is 0 Å². The SMILES string of the molecule is O=C(CC1CCCCC1)N1CCC(c2ccn3ncc(C(=O)N4CCCCC4)c3c2)CC1. The predicted molar refractivity (Wildman–Crippen MR) is 125 cm³/mol. The molecule has 5 rings (SSSR count). The second-order valence-electron chi connectivity index (χ2n) is 10.1. The van der Waals surface area contributed by atoms with E-state index in [1.54, 1.807) is 6.20 Å². The molecule has 2 amide bonds. The van der Waals surface area contributed by atoms with Crippen molar-refractivity contribution < 1.29 is 9.59 Å². The highest BCUT2D eigenvalue weighted by Crippen LogP contribution is 2.32. The highest BCUT2D eigenvalue weighted by Gasteiger charge is 2.27. The standard InChI is InChI=1S/C26H36N4O2/c31-25(17-20-7-3-1-4-8-20)28-14-9-21(10-15-28)22-11-16-30-24(18-22)23(19-27-30)26(32)29-12-5-2-6-13-29/h11,16,18-21H,1-10,12-15,17H2. The van der Waals surface area contributed by atoms with E-state index in [1.807, 2.05) is 15.6 Å². The van der Waals surface area contributed by atoms with Gasteiger partial charge in [-0.05, 0) is 74.5 Å². The lowest BCUT2D eigenvalue weighted by Crippen LogP contribution is -2.38. The molecule has 2 aromatic heterocycles. The number of hydrogen-bond acceptors (Lipinski definition) is 3. The summed E-state index contributed by atoms with van der Waals surface area (Å²) in [4.78, 5) is 29.9. The number of amides is 2. The van der Waals surface area contributed by atoms with E-state index in [2.05, 4.69) is 22.1 Å². The Balaban J connectivity index is 1.23. The van der Waals surface area contributed by atoms with Crippen molar-refractivity contribution in [2.45, 2.75) is 76.5 Å². The van der Waals surface area contributed by atoms with Crippen LogP contribution in [0.15, 0.2) is 24.5 Å². The summed E-state index contributed by atoms with van der Waals surface area (Å²) in [5.74, 6) is 1.51. The molecule has 0 N–H and O–H groups in total. The molecule has 2 aromatic rings. The Kier molecular flexibility index (Phi) is 6.47. The molecule has 0 radical (unpaired) electrons. The first-order chi connectivity index (χ1) is 15.7. The fourth-order valence-electron chi connectivity index (χ4n) is 5.91. The summed E-state index contributed by atoms with van der Waals surface area (Å²) in [6, 6.07) is 4.30. The van der Waals surface area contributed by atoms with Crippen molar-refractivity contribution >= 4 is 17.3 Å². The molecule has 2 saturated heterocycles. The smallest absolute Gasteiger partial charge is 0.257 e. The van der Waals surface area contributed by atoms with Crippen LogP contribution in [0.5, 0.6) is 0 Å². The van der Waals surface area contributed by atoms with E-state index in [0.29, 0.717) is 23.3 Å². The van der Waals surface area contributed by atoms with Crippen LogP contribution >= 0.6 is 0 Å². The average molecular weight is 437 g/mol. The molecule has 1 saturated carbocycles. The Morgan fingerprint density at radius 3 is 2.34 bits per heavy atom. The van der Waals surface area contributed by atoms with Crippen molar-refractivity contribution in [1.29, 1.82) is 0 Å². The number of hydrogen-bond donors (Lipinski definition) is 0. The molecule has 0 unspecified atom stereocenters. The van der Waals surface area contributed by atoms with Gasteiger partial charge in [0.15, 0.2) is 0 Å². The number of pyridine rings is 1. The van der Waals surface area contributed by atoms with E-state index in [0.717, 1.165) is 63.8 Å². The lowest BCUT2D eigenvalue weighted by Gasteiger charge is -2.33. The summed E-state index contributed by atoms with van der Waals surface area (Å²) >= 11 is 0. The molecule has 0 spiro atoms. The molecule has 0 bridgehead atoms. The molecule has 3 fully saturated rings. The van der Waals surface area contributed by atoms with Crippen LogP contribution in [-0.4, -0.2) is 57.4 Å². The van der Waals surface area contributed by atoms with Gasteiger partial charge in [-0.25, -0.2) is 4.52 Å². The van der Waals surface area contributed by atoms with Crippen LogP contribution in [-0.2, 0) is 4.79 Å². The van der Waals surface area contributed by atoms with Gasteiger partial charge < -0.3 is 9.80 Å². The van der Waals surface area contributed by atoms with E-state index in [9.17, 15) is 9.59 Å². The van der Waals surface area contributed by atoms with Gasteiger partial charge in [0.1, 0.15) is 0 Å². The molecule has 6 heteroatoms. The first kappa shape index (κ1) is 21.5. The fraction of sp³-hybridized carbons (Fsp3) is 0.654. The molecule has 4 heterocycles. The Morgan fingerprint density at radius 1 is 0.875 bits per heavy atom. The van der Waals surface area contributed by atoms with Gasteiger partial charge in [-0.3, -0.25) is 9.59 Å². The third-order valence-electron chi connectivity index (χ3n) is 7.93. The van der Waals surface area contributed by atoms with Crippen LogP contribution in [0.1, 0.15) is 92.5 Å². The molecule has 6 nitrogen and oxygen atoms in total. The average Bonchev–Trinajstić information content (AvgIpc) is 3.28. The van der Waals surface area contributed by atoms with E-state index in [1.165, 1.54) is 44.1 Å². The number of rotatable bonds is 4. The van der Waals surface area contributed by atoms with Gasteiger partial charge in [0.05, 0.1) is 17.3 Å². The summed E-state index contributed by atoms with van der Waals surface area (Å²) in [7, 11) is 0. The number of piperidine rings is 2. The summed E-state index contributed by atoms with van der Waals surface area (Å²) in [6.07, 6.45) is 16.2. The number of fused-ring (bicyclic) bond motifs is 1. The van der Waals surface area contributed by atoms with Gasteiger partial charge in [0.2, 0.25) is 5.91 Å². The minimum absolute atomic E-state index is 0.111. The lowest BCUT2D eigenvalue weighted by atomic mass is 9.86. The number of carbonyl (C=O) groups excluding carboxylic acids is 2. The van der Waals surface area contributed by atoms with Crippen LogP contribution in [0.4, 0.5) is 0 Å². The zero-order valence-corrected chi connectivity index (χ0v) is 19.2. The van der Waals surface area contributed by atoms with Gasteiger partial charge >= 0.3 is 0 Å². The normalized spacial score (nSPS) is 21.2. The molecule has 1 aliphatic carbocycles. The maximum absolute atomic E-state index is 13.1. The van der Waals surface area contributed by atoms with Gasteiger partial charge in [-0.1, -0.05) is 19.3 Å². The Labute approximate surface area is 190 Å². The third-order valence-corrected chi connectivity index (χ3v) is 7.93. The molecule has 0 aromatic carbocycles. The number of nitrogens with zero attached hydrogens (tertiary/aromatic N) is 4. The van der Waals surface area contributed by atoms with E-state index < -0.39 is 0 Å². The second-order valence-corrected chi connectivity index (χ2v) is 10.1. The quantitative estimate of drug-likeness (QED) is 0.702. The molecular weight excluding hydrogens is 400 g/mol. The van der Waals surface area contributed by atoms with Gasteiger partial charge in [-0.2, -0.15) is 5.10 Å². The maximum Gasteiger partial charge on any atom is 0.257 e. The van der Waals surface area contributed by atoms with Crippen molar-refractivity contribution in [3.8, 4) is 0 Å². The van der Waals surface area contributed by atoms with Crippen LogP contribution in [0.2, 0.25) is 0 Å². The molecule has 0 atom stereocenters. The molecule has 2 aliphatic heterocycles. The van der Waals surface area contributed by atoms with Crippen LogP contribution < -0.4 is 0 Å². The van der Waals surface area contributed by atoms with E-state index in [4.69, 9.17) is 0 Å². The Bertz CT molecular complexity index is 948. The largest absolute Gasteiger partial charge is 0.343 e. The van der Waals surface area contributed by atoms with Crippen LogP contribution in [0.25, 0.3) is 5.52 Å². The summed E-state index contributed by atoms with van der Waals surface area (Å²) in [5, 5.41) is 4.43. The van der Waals surface area contributed by atoms with Crippen molar-refractivity contribution in [2.24, 2.45) is 5.92 Å². The first-order valence-corrected chi connectivity index (χ1v) is 12.7. The number of aromatic nitrogens is 2. The minimum Gasteiger partial charge on any atom is -0.343 e. The highest BCUT2D eigenvalue weighted by atomic mass is 16.2. The second kappa shape index (κ2) is 9.63. The van der Waals surface area contributed by atoms with E-state index >= 15 is 0 Å². The molecular formula is C26H36N4O2. The van der Waals surface area contributed by atoms with Gasteiger partial charge in [-0.15, -0.1) is 0 Å². The zero-order valence-electron chi connectivity index (χ0n) is 19.2. The summed E-state index contributed by atoms with van der Waals surface area (Å²) < 4.78 is 1.82. The minimum atomic E-state index is 0.111. The lowest BCUT2D eigenvalue weighted by molar-refractivity contribution is -0.133. The topological polar surface area (TPSA) is 57.9 Å². The van der Waals surface area contributed by atoms with E-state index in [-0.39, 0.29) is 5.91 Å². The molecule has 32 heavy (non-hydrogen) atoms. The van der Waals surface area contributed by atoms with Gasteiger partial charge in [0, 0.05) is 38.8 Å². The Hall–Kier alpha value is -2.37. The Morgan fingerprint density at radius 2 is 1.59 bits per heavy atom. The summed E-state index contributed by atoms with van der Waals surface area (Å²) in [6.45, 7) is 3.40. The number of likely N-dealkylation sites (tertiary alicyclic amines) is 2. The van der Waals surface area contributed by atoms with Crippen molar-refractivity contribution in [3.63, 3.8) is 0 Å². The molecule has 3 aliphatic rings. The highest BCUT2D eigenvalue weighted by molar-refractivity contribution is 6.00. The molecule has 172 valence electrons. The van der Waals surface area contributed by atoms with Crippen molar-refractivity contribution in [3.05, 3.63) is 35.7 Å². The van der Waals surface area contributed by atoms with Crippen molar-refractivity contribution in [1.82, 2.24) is 19.4 Å². The summed E-state index contributed by atoms with van der Waals surface area (Å²) in [5.41, 5.74) is 2.90. The maximum atomic E-state index is 13.1. The van der Waals surface area contributed by atoms with Crippen molar-refractivity contribution in [2.75, 3.05) is 26.2 Å². The zero-order chi connectivity index (χ0) is 21.9. The predicted octanol–water partition coefficient (Wildman–Crippen LogP) is 4.64. The fourth-order valence-corrected chi connectivity index (χ4v) is 5.91. The van der Waals surface area contributed by atoms with Gasteiger partial charge in [0.25, 0.3) is 5.91 Å².